The lowest BCUT2D eigenvalue weighted by Crippen LogP contribution is -2.43. The third-order valence-electron chi connectivity index (χ3n) is 7.66. The van der Waals surface area contributed by atoms with E-state index in [-0.39, 0.29) is 22.9 Å². The van der Waals surface area contributed by atoms with Crippen molar-refractivity contribution in [2.45, 2.75) is 38.6 Å². The van der Waals surface area contributed by atoms with Crippen LogP contribution in [0.5, 0.6) is 0 Å². The normalized spacial score (nSPS) is 20.7. The molecule has 6 rings (SSSR count). The van der Waals surface area contributed by atoms with Crippen LogP contribution < -0.4 is 0 Å². The molecule has 0 bridgehead atoms. The molecule has 1 aromatic carbocycles. The predicted molar refractivity (Wildman–Crippen MR) is 121 cm³/mol. The smallest absolute Gasteiger partial charge is 0.272 e. The van der Waals surface area contributed by atoms with Gasteiger partial charge in [0.2, 0.25) is 0 Å². The minimum atomic E-state index is -0.298. The van der Waals surface area contributed by atoms with Gasteiger partial charge in [0.1, 0.15) is 11.5 Å². The fraction of sp³-hybridized carbons (Fsp3) is 0.385. The van der Waals surface area contributed by atoms with Gasteiger partial charge in [-0.2, -0.15) is 0 Å². The van der Waals surface area contributed by atoms with Crippen LogP contribution in [0.3, 0.4) is 0 Å². The zero-order chi connectivity index (χ0) is 22.6. The Balaban J connectivity index is 1.03. The summed E-state index contributed by atoms with van der Waals surface area (Å²) in [5.74, 6) is 0.619. The first-order chi connectivity index (χ1) is 16.0. The number of hydrogen-bond donors (Lipinski definition) is 0. The predicted octanol–water partition coefficient (Wildman–Crippen LogP) is 4.56. The first kappa shape index (κ1) is 20.3. The van der Waals surface area contributed by atoms with Gasteiger partial charge < -0.3 is 9.32 Å². The topological polar surface area (TPSA) is 75.8 Å². The summed E-state index contributed by atoms with van der Waals surface area (Å²) in [5, 5.41) is 0.896. The van der Waals surface area contributed by atoms with E-state index in [2.05, 4.69) is 9.98 Å². The number of carbonyl (C=O) groups is 2. The number of ketones is 1. The van der Waals surface area contributed by atoms with Gasteiger partial charge in [-0.25, -0.2) is 4.39 Å². The minimum absolute atomic E-state index is 0.0372. The number of pyridine rings is 1. The van der Waals surface area contributed by atoms with Gasteiger partial charge in [-0.3, -0.25) is 19.6 Å². The van der Waals surface area contributed by atoms with Gasteiger partial charge in [0.05, 0.1) is 12.7 Å². The minimum Gasteiger partial charge on any atom is -0.451 e. The van der Waals surface area contributed by atoms with Gasteiger partial charge in [0, 0.05) is 36.7 Å². The Kier molecular flexibility index (Phi) is 4.67. The summed E-state index contributed by atoms with van der Waals surface area (Å²) in [5.41, 5.74) is 2.89. The number of aromatic nitrogens is 1. The van der Waals surface area contributed by atoms with Crippen molar-refractivity contribution < 1.29 is 18.4 Å². The summed E-state index contributed by atoms with van der Waals surface area (Å²) >= 11 is 0. The third-order valence-corrected chi connectivity index (χ3v) is 7.66. The summed E-state index contributed by atoms with van der Waals surface area (Å²) in [6.45, 7) is 1.77. The molecule has 1 amide bonds. The van der Waals surface area contributed by atoms with E-state index in [0.717, 1.165) is 42.2 Å². The zero-order valence-corrected chi connectivity index (χ0v) is 18.2. The molecule has 168 valence electrons. The molecule has 2 aromatic heterocycles. The van der Waals surface area contributed by atoms with Gasteiger partial charge in [-0.05, 0) is 72.9 Å². The van der Waals surface area contributed by atoms with Crippen molar-refractivity contribution >= 4 is 28.4 Å². The van der Waals surface area contributed by atoms with E-state index >= 15 is 0 Å². The molecule has 3 aliphatic rings. The number of aliphatic imine (C=N–C) groups is 1. The highest BCUT2D eigenvalue weighted by atomic mass is 19.1. The molecule has 1 saturated heterocycles. The van der Waals surface area contributed by atoms with E-state index in [1.165, 1.54) is 12.1 Å². The van der Waals surface area contributed by atoms with Crippen LogP contribution in [0.1, 0.15) is 53.8 Å². The van der Waals surface area contributed by atoms with Crippen LogP contribution in [0.15, 0.2) is 52.1 Å². The summed E-state index contributed by atoms with van der Waals surface area (Å²) in [6.07, 6.45) is 7.69. The maximum absolute atomic E-state index is 13.5. The molecule has 6 nitrogen and oxygen atoms in total. The number of Topliss-reactive ketones (excluding diaryl/α,β-unsaturated/α-hetero) is 1. The highest BCUT2D eigenvalue weighted by Gasteiger charge is 2.54. The van der Waals surface area contributed by atoms with E-state index in [1.807, 2.05) is 11.0 Å². The van der Waals surface area contributed by atoms with E-state index in [1.54, 1.807) is 24.5 Å². The monoisotopic (exact) mass is 445 g/mol. The Labute approximate surface area is 190 Å². The van der Waals surface area contributed by atoms with E-state index < -0.39 is 0 Å². The lowest BCUT2D eigenvalue weighted by Gasteiger charge is -2.33. The van der Waals surface area contributed by atoms with Gasteiger partial charge in [0.15, 0.2) is 17.1 Å². The number of benzene rings is 1. The molecule has 1 saturated carbocycles. The number of hydrogen-bond acceptors (Lipinski definition) is 5. The number of nitrogens with zero attached hydrogens (tertiary/aromatic N) is 3. The lowest BCUT2D eigenvalue weighted by atomic mass is 9.89. The molecule has 2 aliphatic heterocycles. The maximum atomic E-state index is 13.5. The van der Waals surface area contributed by atoms with Crippen LogP contribution in [-0.4, -0.2) is 40.4 Å². The zero-order valence-electron chi connectivity index (χ0n) is 18.2. The summed E-state index contributed by atoms with van der Waals surface area (Å²) in [6, 6.07) is 8.14. The number of carbonyl (C=O) groups excluding carboxylic acids is 2. The van der Waals surface area contributed by atoms with Crippen molar-refractivity contribution in [1.82, 2.24) is 9.88 Å². The maximum Gasteiger partial charge on any atom is 0.272 e. The van der Waals surface area contributed by atoms with Crippen molar-refractivity contribution in [3.05, 3.63) is 65.4 Å². The van der Waals surface area contributed by atoms with Gasteiger partial charge >= 0.3 is 0 Å². The first-order valence-corrected chi connectivity index (χ1v) is 11.5. The second-order valence-electron chi connectivity index (χ2n) is 9.51. The average Bonchev–Trinajstić information content (AvgIpc) is 3.15. The Morgan fingerprint density at radius 1 is 1.18 bits per heavy atom. The van der Waals surface area contributed by atoms with Crippen LogP contribution in [-0.2, 0) is 11.3 Å². The van der Waals surface area contributed by atoms with Gasteiger partial charge in [-0.15, -0.1) is 0 Å². The molecule has 7 heteroatoms. The van der Waals surface area contributed by atoms with Crippen LogP contribution in [0.25, 0.3) is 11.0 Å². The standard InChI is InChI=1S/C26H24FN3O3/c27-19-2-3-20-17(11-19)14-29-24(20)25(32)30-9-6-26(7-10-30)13-18(26)1-4-21(31)22-12-16-5-8-28-15-23(16)33-22/h2-3,5,8,11-12,15,18H,1,4,6-7,9-10,13-14H2. The van der Waals surface area contributed by atoms with Crippen molar-refractivity contribution in [2.24, 2.45) is 16.3 Å². The number of furan rings is 1. The number of fused-ring (bicyclic) bond motifs is 2. The molecule has 0 N–H and O–H groups in total. The van der Waals surface area contributed by atoms with Gasteiger partial charge in [-0.1, -0.05) is 0 Å². The number of rotatable bonds is 5. The molecular formula is C26H24FN3O3. The Bertz CT molecular complexity index is 1270. The molecule has 1 spiro atoms. The molecule has 1 aliphatic carbocycles. The van der Waals surface area contributed by atoms with E-state index in [9.17, 15) is 14.0 Å². The van der Waals surface area contributed by atoms with Crippen molar-refractivity contribution in [2.75, 3.05) is 13.1 Å². The van der Waals surface area contributed by atoms with Crippen LogP contribution in [0.2, 0.25) is 0 Å². The quantitative estimate of drug-likeness (QED) is 0.540. The second kappa shape index (κ2) is 7.61. The molecule has 3 aromatic rings. The average molecular weight is 445 g/mol. The SMILES string of the molecule is O=C(CCC1CC12CCN(C(=O)C1=NCc3cc(F)ccc31)CC2)c1cc2ccncc2o1. The largest absolute Gasteiger partial charge is 0.451 e. The van der Waals surface area contributed by atoms with Crippen LogP contribution in [0, 0.1) is 17.2 Å². The van der Waals surface area contributed by atoms with Crippen LogP contribution in [0.4, 0.5) is 4.39 Å². The Morgan fingerprint density at radius 2 is 2.03 bits per heavy atom. The molecule has 33 heavy (non-hydrogen) atoms. The fourth-order valence-electron chi connectivity index (χ4n) is 5.56. The van der Waals surface area contributed by atoms with Crippen LogP contribution >= 0.6 is 0 Å². The Morgan fingerprint density at radius 3 is 2.85 bits per heavy atom. The van der Waals surface area contributed by atoms with Crippen molar-refractivity contribution in [3.63, 3.8) is 0 Å². The lowest BCUT2D eigenvalue weighted by molar-refractivity contribution is -0.125. The summed E-state index contributed by atoms with van der Waals surface area (Å²) in [4.78, 5) is 36.0. The van der Waals surface area contributed by atoms with E-state index in [0.29, 0.717) is 49.0 Å². The molecule has 2 fully saturated rings. The second-order valence-corrected chi connectivity index (χ2v) is 9.51. The Hall–Kier alpha value is -3.35. The number of likely N-dealkylation sites (tertiary alicyclic amines) is 1. The number of amides is 1. The van der Waals surface area contributed by atoms with Crippen molar-refractivity contribution in [1.29, 1.82) is 0 Å². The fourth-order valence-corrected chi connectivity index (χ4v) is 5.56. The van der Waals surface area contributed by atoms with Gasteiger partial charge in [0.25, 0.3) is 5.91 Å². The number of halogens is 1. The first-order valence-electron chi connectivity index (χ1n) is 11.5. The third kappa shape index (κ3) is 3.56. The number of piperidine rings is 1. The molecule has 4 heterocycles. The molecule has 1 unspecified atom stereocenters. The molecule has 1 atom stereocenters. The van der Waals surface area contributed by atoms with Crippen molar-refractivity contribution in [3.8, 4) is 0 Å². The summed E-state index contributed by atoms with van der Waals surface area (Å²) in [7, 11) is 0. The summed E-state index contributed by atoms with van der Waals surface area (Å²) < 4.78 is 19.1. The highest BCUT2D eigenvalue weighted by molar-refractivity contribution is 6.46. The molecule has 0 radical (unpaired) electrons. The highest BCUT2D eigenvalue weighted by Crippen LogP contribution is 2.61. The molecular weight excluding hydrogens is 421 g/mol. The van der Waals surface area contributed by atoms with E-state index in [4.69, 9.17) is 4.42 Å².